The molecule has 1 aliphatic heterocycles. The third-order valence-corrected chi connectivity index (χ3v) is 6.36. The topological polar surface area (TPSA) is 97.1 Å². The summed E-state index contributed by atoms with van der Waals surface area (Å²) in [5.41, 5.74) is 7.94. The molecule has 2 N–H and O–H groups in total. The molecule has 2 aromatic rings. The molecule has 178 valence electrons. The average Bonchev–Trinajstić information content (AvgIpc) is 2.82. The van der Waals surface area contributed by atoms with E-state index in [0.717, 1.165) is 5.56 Å². The second-order valence-electron chi connectivity index (χ2n) is 7.87. The van der Waals surface area contributed by atoms with Gasteiger partial charge in [0.1, 0.15) is 23.8 Å². The van der Waals surface area contributed by atoms with E-state index in [4.69, 9.17) is 24.7 Å². The Hall–Kier alpha value is -3.33. The molecule has 0 unspecified atom stereocenters. The van der Waals surface area contributed by atoms with Crippen LogP contribution in [0, 0.1) is 5.82 Å². The summed E-state index contributed by atoms with van der Waals surface area (Å²) in [6.45, 7) is 0.180. The van der Waals surface area contributed by atoms with Crippen LogP contribution in [0.15, 0.2) is 63.7 Å². The molecule has 9 heteroatoms. The lowest BCUT2D eigenvalue weighted by Crippen LogP contribution is -2.31. The summed E-state index contributed by atoms with van der Waals surface area (Å²) < 4.78 is 35.9. The maximum atomic E-state index is 13.2. The molecule has 1 atom stereocenters. The highest BCUT2D eigenvalue weighted by Gasteiger charge is 2.41. The first-order valence-corrected chi connectivity index (χ1v) is 11.4. The molecule has 0 aromatic heterocycles. The summed E-state index contributed by atoms with van der Waals surface area (Å²) in [4.78, 5) is 25.6. The molecule has 0 fully saturated rings. The number of nitrogens with two attached hydrogens (primary N) is 1. The summed E-state index contributed by atoms with van der Waals surface area (Å²) in [5, 5.41) is 0. The minimum Gasteiger partial charge on any atom is -0.493 e. The number of ether oxygens (including phenoxy) is 4. The molecule has 4 rings (SSSR count). The van der Waals surface area contributed by atoms with Gasteiger partial charge in [0, 0.05) is 18.4 Å². The van der Waals surface area contributed by atoms with Gasteiger partial charge < -0.3 is 24.7 Å². The molecule has 0 spiro atoms. The fourth-order valence-corrected chi connectivity index (χ4v) is 4.76. The Balaban J connectivity index is 1.76. The maximum Gasteiger partial charge on any atom is 0.340 e. The Morgan fingerprint density at radius 1 is 1.21 bits per heavy atom. The molecule has 0 radical (unpaired) electrons. The standard InChI is InChI=1S/C25H23BrFNO6/c1-31-19-11-14(10-16(26)23(19)33-12-13-6-8-15(27)9-7-13)20-21-17(29)4-3-5-18(21)34-24(28)22(20)25(30)32-2/h6-11,20H,3-5,12,28H2,1-2H3/t20-/m1/s1. The van der Waals surface area contributed by atoms with Crippen molar-refractivity contribution in [1.29, 1.82) is 0 Å². The van der Waals surface area contributed by atoms with Gasteiger partial charge in [-0.15, -0.1) is 0 Å². The highest BCUT2D eigenvalue weighted by atomic mass is 79.9. The molecule has 0 bridgehead atoms. The Morgan fingerprint density at radius 2 is 1.94 bits per heavy atom. The number of allylic oxidation sites excluding steroid dienone is 2. The zero-order chi connectivity index (χ0) is 24.4. The number of halogens is 2. The third kappa shape index (κ3) is 4.52. The first kappa shape index (κ1) is 23.8. The van der Waals surface area contributed by atoms with Crippen molar-refractivity contribution in [3.63, 3.8) is 0 Å². The van der Waals surface area contributed by atoms with Crippen molar-refractivity contribution in [2.24, 2.45) is 5.73 Å². The van der Waals surface area contributed by atoms with Crippen LogP contribution in [-0.4, -0.2) is 26.0 Å². The number of ketones is 1. The molecule has 1 aliphatic carbocycles. The molecular weight excluding hydrogens is 509 g/mol. The van der Waals surface area contributed by atoms with E-state index in [9.17, 15) is 14.0 Å². The van der Waals surface area contributed by atoms with Crippen molar-refractivity contribution in [2.75, 3.05) is 14.2 Å². The summed E-state index contributed by atoms with van der Waals surface area (Å²) >= 11 is 3.52. The second-order valence-corrected chi connectivity index (χ2v) is 8.72. The van der Waals surface area contributed by atoms with E-state index in [1.165, 1.54) is 26.4 Å². The number of esters is 1. The molecule has 7 nitrogen and oxygen atoms in total. The van der Waals surface area contributed by atoms with Crippen LogP contribution in [0.2, 0.25) is 0 Å². The number of Topliss-reactive ketones (excluding diaryl/α,β-unsaturated/α-hetero) is 1. The largest absolute Gasteiger partial charge is 0.493 e. The minimum atomic E-state index is -0.777. The van der Waals surface area contributed by atoms with Crippen LogP contribution in [0.25, 0.3) is 0 Å². The SMILES string of the molecule is COC(=O)C1=C(N)OC2=C(C(=O)CCC2)[C@H]1c1cc(Br)c(OCc2ccc(F)cc2)c(OC)c1. The van der Waals surface area contributed by atoms with Crippen LogP contribution in [0.3, 0.4) is 0 Å². The van der Waals surface area contributed by atoms with E-state index in [1.807, 2.05) is 0 Å². The summed E-state index contributed by atoms with van der Waals surface area (Å²) in [7, 11) is 2.73. The van der Waals surface area contributed by atoms with E-state index in [1.54, 1.807) is 24.3 Å². The molecule has 2 aliphatic rings. The highest BCUT2D eigenvalue weighted by molar-refractivity contribution is 9.10. The number of carbonyl (C=O) groups is 2. The summed E-state index contributed by atoms with van der Waals surface area (Å²) in [6.07, 6.45) is 1.54. The van der Waals surface area contributed by atoms with E-state index >= 15 is 0 Å². The zero-order valence-electron chi connectivity index (χ0n) is 18.7. The van der Waals surface area contributed by atoms with E-state index in [2.05, 4.69) is 15.9 Å². The van der Waals surface area contributed by atoms with Gasteiger partial charge in [0.05, 0.1) is 24.6 Å². The fraction of sp³-hybridized carbons (Fsp3) is 0.280. The quantitative estimate of drug-likeness (QED) is 0.542. The van der Waals surface area contributed by atoms with Crippen LogP contribution < -0.4 is 15.2 Å². The smallest absolute Gasteiger partial charge is 0.340 e. The third-order valence-electron chi connectivity index (χ3n) is 5.77. The lowest BCUT2D eigenvalue weighted by atomic mass is 9.77. The van der Waals surface area contributed by atoms with Gasteiger partial charge in [0.25, 0.3) is 0 Å². The lowest BCUT2D eigenvalue weighted by Gasteiger charge is -2.32. The highest BCUT2D eigenvalue weighted by Crippen LogP contribution is 2.47. The van der Waals surface area contributed by atoms with Crippen molar-refractivity contribution >= 4 is 27.7 Å². The van der Waals surface area contributed by atoms with Crippen LogP contribution in [0.4, 0.5) is 4.39 Å². The van der Waals surface area contributed by atoms with Crippen LogP contribution >= 0.6 is 15.9 Å². The number of rotatable bonds is 6. The Bertz CT molecular complexity index is 1200. The zero-order valence-corrected chi connectivity index (χ0v) is 20.2. The van der Waals surface area contributed by atoms with Gasteiger partial charge in [-0.3, -0.25) is 4.79 Å². The average molecular weight is 532 g/mol. The number of hydrogen-bond acceptors (Lipinski definition) is 7. The van der Waals surface area contributed by atoms with Gasteiger partial charge in [-0.2, -0.15) is 0 Å². The Morgan fingerprint density at radius 3 is 2.62 bits per heavy atom. The number of hydrogen-bond donors (Lipinski definition) is 1. The molecular formula is C25H23BrFNO6. The number of methoxy groups -OCH3 is 2. The Labute approximate surface area is 204 Å². The van der Waals surface area contributed by atoms with Gasteiger partial charge in [0.2, 0.25) is 5.88 Å². The van der Waals surface area contributed by atoms with Crippen molar-refractivity contribution in [2.45, 2.75) is 31.8 Å². The predicted octanol–water partition coefficient (Wildman–Crippen LogP) is 4.64. The van der Waals surface area contributed by atoms with E-state index in [-0.39, 0.29) is 29.7 Å². The first-order valence-electron chi connectivity index (χ1n) is 10.6. The molecule has 1 heterocycles. The molecule has 0 amide bonds. The number of carbonyl (C=O) groups excluding carboxylic acids is 2. The van der Waals surface area contributed by atoms with Gasteiger partial charge in [-0.25, -0.2) is 9.18 Å². The van der Waals surface area contributed by atoms with E-state index in [0.29, 0.717) is 52.1 Å². The summed E-state index contributed by atoms with van der Waals surface area (Å²) in [5.74, 6) is -0.709. The Kier molecular flexibility index (Phi) is 6.92. The molecule has 0 saturated heterocycles. The van der Waals surface area contributed by atoms with Crippen LogP contribution in [0.1, 0.15) is 36.3 Å². The van der Waals surface area contributed by atoms with Gasteiger partial charge >= 0.3 is 5.97 Å². The maximum absolute atomic E-state index is 13.2. The van der Waals surface area contributed by atoms with Crippen molar-refractivity contribution < 1.29 is 32.9 Å². The molecule has 2 aromatic carbocycles. The summed E-state index contributed by atoms with van der Waals surface area (Å²) in [6, 6.07) is 9.42. The van der Waals surface area contributed by atoms with Gasteiger partial charge in [0.15, 0.2) is 17.3 Å². The van der Waals surface area contributed by atoms with Crippen LogP contribution in [0.5, 0.6) is 11.5 Å². The lowest BCUT2D eigenvalue weighted by molar-refractivity contribution is -0.136. The van der Waals surface area contributed by atoms with Crippen LogP contribution in [-0.2, 0) is 25.7 Å². The second kappa shape index (κ2) is 9.89. The predicted molar refractivity (Wildman–Crippen MR) is 124 cm³/mol. The molecule has 0 saturated carbocycles. The van der Waals surface area contributed by atoms with Crippen molar-refractivity contribution in [1.82, 2.24) is 0 Å². The molecule has 34 heavy (non-hydrogen) atoms. The van der Waals surface area contributed by atoms with Crippen molar-refractivity contribution in [3.05, 3.63) is 80.6 Å². The van der Waals surface area contributed by atoms with Gasteiger partial charge in [-0.05, 0) is 57.7 Å². The minimum absolute atomic E-state index is 0.0606. The fourth-order valence-electron chi connectivity index (χ4n) is 4.18. The number of benzene rings is 2. The first-order chi connectivity index (χ1) is 16.3. The van der Waals surface area contributed by atoms with E-state index < -0.39 is 11.9 Å². The monoisotopic (exact) mass is 531 g/mol. The van der Waals surface area contributed by atoms with Crippen molar-refractivity contribution in [3.8, 4) is 11.5 Å². The normalized spacial score (nSPS) is 17.8. The van der Waals surface area contributed by atoms with Gasteiger partial charge in [-0.1, -0.05) is 12.1 Å².